The zero-order valence-corrected chi connectivity index (χ0v) is 20.5. The highest BCUT2D eigenvalue weighted by atomic mass is 32.2. The van der Waals surface area contributed by atoms with Crippen molar-refractivity contribution >= 4 is 39.1 Å². The average Bonchev–Trinajstić information content (AvgIpc) is 3.09. The van der Waals surface area contributed by atoms with Crippen LogP contribution in [0.15, 0.2) is 35.2 Å². The van der Waals surface area contributed by atoms with Crippen molar-refractivity contribution in [3.05, 3.63) is 46.6 Å². The standard InChI is InChI=1S/C24H33N5S2/c1-4-28-13-15-29(16-14-28)12-8-11-25-23-22-18(2)19(3)31-24(22)27-21(26-23)17-30-20-9-6-5-7-10-20/h5-7,9-10H,4,8,11-17H2,1-3H3,(H,25,26,27). The number of thioether (sulfide) groups is 1. The monoisotopic (exact) mass is 455 g/mol. The van der Waals surface area contributed by atoms with E-state index in [0.717, 1.165) is 41.7 Å². The summed E-state index contributed by atoms with van der Waals surface area (Å²) in [6, 6.07) is 10.5. The molecule has 1 fully saturated rings. The van der Waals surface area contributed by atoms with Gasteiger partial charge in [-0.3, -0.25) is 0 Å². The molecule has 31 heavy (non-hydrogen) atoms. The average molecular weight is 456 g/mol. The van der Waals surface area contributed by atoms with Gasteiger partial charge in [0.2, 0.25) is 0 Å². The summed E-state index contributed by atoms with van der Waals surface area (Å²) < 4.78 is 0. The minimum absolute atomic E-state index is 0.784. The Morgan fingerprint density at radius 3 is 2.52 bits per heavy atom. The number of aromatic nitrogens is 2. The third kappa shape index (κ3) is 5.77. The molecule has 1 aliphatic rings. The van der Waals surface area contributed by atoms with Crippen LogP contribution in [0, 0.1) is 13.8 Å². The van der Waals surface area contributed by atoms with Crippen LogP contribution in [0.5, 0.6) is 0 Å². The van der Waals surface area contributed by atoms with Gasteiger partial charge >= 0.3 is 0 Å². The number of anilines is 1. The molecule has 1 aliphatic heterocycles. The fraction of sp³-hybridized carbons (Fsp3) is 0.500. The molecule has 0 atom stereocenters. The van der Waals surface area contributed by atoms with Crippen molar-refractivity contribution in [1.29, 1.82) is 0 Å². The molecule has 0 spiro atoms. The molecule has 1 aromatic carbocycles. The number of benzene rings is 1. The SMILES string of the molecule is CCN1CCN(CCCNc2nc(CSc3ccccc3)nc3sc(C)c(C)c23)CC1. The molecule has 5 nitrogen and oxygen atoms in total. The fourth-order valence-electron chi connectivity index (χ4n) is 3.99. The van der Waals surface area contributed by atoms with E-state index >= 15 is 0 Å². The third-order valence-electron chi connectivity index (χ3n) is 6.04. The van der Waals surface area contributed by atoms with Crippen molar-refractivity contribution in [2.24, 2.45) is 0 Å². The molecule has 0 unspecified atom stereocenters. The third-order valence-corrected chi connectivity index (χ3v) is 8.15. The predicted molar refractivity (Wildman–Crippen MR) is 135 cm³/mol. The van der Waals surface area contributed by atoms with Crippen LogP contribution in [0.1, 0.15) is 29.6 Å². The van der Waals surface area contributed by atoms with E-state index in [4.69, 9.17) is 9.97 Å². The van der Waals surface area contributed by atoms with E-state index in [1.54, 1.807) is 23.1 Å². The van der Waals surface area contributed by atoms with Crippen LogP contribution in [-0.2, 0) is 5.75 Å². The fourth-order valence-corrected chi connectivity index (χ4v) is 5.81. The molecule has 0 amide bonds. The number of thiophene rings is 1. The van der Waals surface area contributed by atoms with Crippen LogP contribution in [0.3, 0.4) is 0 Å². The summed E-state index contributed by atoms with van der Waals surface area (Å²) in [5, 5.41) is 4.85. The molecule has 4 rings (SSSR count). The lowest BCUT2D eigenvalue weighted by Crippen LogP contribution is -2.46. The molecule has 0 bridgehead atoms. The normalized spacial score (nSPS) is 15.6. The molecule has 0 radical (unpaired) electrons. The minimum Gasteiger partial charge on any atom is -0.369 e. The molecule has 7 heteroatoms. The van der Waals surface area contributed by atoms with Crippen molar-refractivity contribution in [3.63, 3.8) is 0 Å². The Morgan fingerprint density at radius 1 is 1.03 bits per heavy atom. The van der Waals surface area contributed by atoms with Gasteiger partial charge < -0.3 is 15.1 Å². The first-order chi connectivity index (χ1) is 15.1. The molecular formula is C24H33N5S2. The number of piperazine rings is 1. The van der Waals surface area contributed by atoms with E-state index in [0.29, 0.717) is 0 Å². The lowest BCUT2D eigenvalue weighted by molar-refractivity contribution is 0.137. The largest absolute Gasteiger partial charge is 0.369 e. The van der Waals surface area contributed by atoms with Gasteiger partial charge in [0.25, 0.3) is 0 Å². The smallest absolute Gasteiger partial charge is 0.142 e. The zero-order chi connectivity index (χ0) is 21.6. The van der Waals surface area contributed by atoms with E-state index in [9.17, 15) is 0 Å². The number of hydrogen-bond acceptors (Lipinski definition) is 7. The first-order valence-electron chi connectivity index (χ1n) is 11.3. The van der Waals surface area contributed by atoms with Crippen LogP contribution in [-0.4, -0.2) is 65.6 Å². The van der Waals surface area contributed by atoms with Gasteiger partial charge in [0.15, 0.2) is 0 Å². The molecule has 3 aromatic rings. The van der Waals surface area contributed by atoms with Crippen LogP contribution >= 0.6 is 23.1 Å². The summed E-state index contributed by atoms with van der Waals surface area (Å²) in [5.74, 6) is 2.69. The van der Waals surface area contributed by atoms with Gasteiger partial charge in [-0.2, -0.15) is 0 Å². The second-order valence-corrected chi connectivity index (χ2v) is 10.4. The van der Waals surface area contributed by atoms with E-state index < -0.39 is 0 Å². The molecule has 166 valence electrons. The predicted octanol–water partition coefficient (Wildman–Crippen LogP) is 5.04. The number of fused-ring (bicyclic) bond motifs is 1. The van der Waals surface area contributed by atoms with Gasteiger partial charge in [-0.1, -0.05) is 25.1 Å². The van der Waals surface area contributed by atoms with Crippen molar-refractivity contribution in [1.82, 2.24) is 19.8 Å². The number of hydrogen-bond donors (Lipinski definition) is 1. The van der Waals surface area contributed by atoms with Crippen molar-refractivity contribution in [2.45, 2.75) is 37.8 Å². The Kier molecular flexibility index (Phi) is 7.82. The van der Waals surface area contributed by atoms with E-state index in [1.165, 1.54) is 53.4 Å². The number of nitrogens with zero attached hydrogens (tertiary/aromatic N) is 4. The number of aryl methyl sites for hydroxylation is 2. The second-order valence-electron chi connectivity index (χ2n) is 8.11. The van der Waals surface area contributed by atoms with E-state index in [-0.39, 0.29) is 0 Å². The van der Waals surface area contributed by atoms with Gasteiger partial charge in [-0.15, -0.1) is 23.1 Å². The summed E-state index contributed by atoms with van der Waals surface area (Å²) in [6.07, 6.45) is 1.13. The number of likely N-dealkylation sites (N-methyl/N-ethyl adjacent to an activating group) is 1. The van der Waals surface area contributed by atoms with Gasteiger partial charge in [0.1, 0.15) is 16.5 Å². The Balaban J connectivity index is 1.39. The number of nitrogens with one attached hydrogen (secondary N) is 1. The maximum absolute atomic E-state index is 4.94. The Morgan fingerprint density at radius 2 is 1.77 bits per heavy atom. The first-order valence-corrected chi connectivity index (χ1v) is 13.1. The molecular weight excluding hydrogens is 422 g/mol. The molecule has 0 saturated carbocycles. The van der Waals surface area contributed by atoms with E-state index in [1.807, 2.05) is 0 Å². The minimum atomic E-state index is 0.784. The molecule has 1 N–H and O–H groups in total. The van der Waals surface area contributed by atoms with Crippen LogP contribution in [0.4, 0.5) is 5.82 Å². The van der Waals surface area contributed by atoms with Gasteiger partial charge in [-0.05, 0) is 51.1 Å². The summed E-state index contributed by atoms with van der Waals surface area (Å²) in [4.78, 5) is 18.6. The van der Waals surface area contributed by atoms with Gasteiger partial charge in [0.05, 0.1) is 11.1 Å². The van der Waals surface area contributed by atoms with Crippen molar-refractivity contribution in [2.75, 3.05) is 51.1 Å². The topological polar surface area (TPSA) is 44.3 Å². The van der Waals surface area contributed by atoms with E-state index in [2.05, 4.69) is 66.2 Å². The summed E-state index contributed by atoms with van der Waals surface area (Å²) in [6.45, 7) is 14.7. The quantitative estimate of drug-likeness (QED) is 0.360. The summed E-state index contributed by atoms with van der Waals surface area (Å²) in [5.41, 5.74) is 1.31. The zero-order valence-electron chi connectivity index (χ0n) is 18.9. The maximum Gasteiger partial charge on any atom is 0.142 e. The Bertz CT molecular complexity index is 981. The highest BCUT2D eigenvalue weighted by molar-refractivity contribution is 7.98. The molecule has 2 aromatic heterocycles. The highest BCUT2D eigenvalue weighted by Crippen LogP contribution is 2.34. The van der Waals surface area contributed by atoms with Crippen LogP contribution in [0.2, 0.25) is 0 Å². The lowest BCUT2D eigenvalue weighted by Gasteiger charge is -2.34. The first kappa shape index (κ1) is 22.5. The van der Waals surface area contributed by atoms with Crippen LogP contribution < -0.4 is 5.32 Å². The Labute approximate surface area is 194 Å². The molecule has 1 saturated heterocycles. The van der Waals surface area contributed by atoms with Gasteiger partial charge in [-0.25, -0.2) is 9.97 Å². The number of rotatable bonds is 9. The van der Waals surface area contributed by atoms with Crippen LogP contribution in [0.25, 0.3) is 10.2 Å². The summed E-state index contributed by atoms with van der Waals surface area (Å²) >= 11 is 3.57. The maximum atomic E-state index is 4.94. The molecule has 3 heterocycles. The van der Waals surface area contributed by atoms with Crippen molar-refractivity contribution < 1.29 is 0 Å². The Hall–Kier alpha value is -1.67. The highest BCUT2D eigenvalue weighted by Gasteiger charge is 2.16. The van der Waals surface area contributed by atoms with Gasteiger partial charge in [0, 0.05) is 42.5 Å². The molecule has 0 aliphatic carbocycles. The summed E-state index contributed by atoms with van der Waals surface area (Å²) in [7, 11) is 0. The lowest BCUT2D eigenvalue weighted by atomic mass is 10.2. The van der Waals surface area contributed by atoms with Crippen molar-refractivity contribution in [3.8, 4) is 0 Å². The second kappa shape index (κ2) is 10.8.